The zero-order valence-electron chi connectivity index (χ0n) is 9.67. The molecule has 1 aromatic heterocycles. The van der Waals surface area contributed by atoms with Crippen molar-refractivity contribution in [2.24, 2.45) is 5.73 Å². The number of aliphatic hydroxyl groups is 1. The predicted molar refractivity (Wildman–Crippen MR) is 62.7 cm³/mol. The van der Waals surface area contributed by atoms with Gasteiger partial charge in [0.05, 0.1) is 11.8 Å². The molecule has 3 N–H and O–H groups in total. The number of carbonyl (C=O) groups is 1. The SMILES string of the molecule is C[C@H](O)c1cc(F)ccc1-n1ccc(C(N)=O)n1. The second kappa shape index (κ2) is 4.58. The lowest BCUT2D eigenvalue weighted by Crippen LogP contribution is -2.12. The molecule has 0 saturated heterocycles. The third kappa shape index (κ3) is 2.23. The van der Waals surface area contributed by atoms with Gasteiger partial charge < -0.3 is 10.8 Å². The first kappa shape index (κ1) is 12.3. The van der Waals surface area contributed by atoms with Crippen LogP contribution >= 0.6 is 0 Å². The largest absolute Gasteiger partial charge is 0.389 e. The zero-order valence-corrected chi connectivity index (χ0v) is 9.67. The minimum atomic E-state index is -0.850. The number of halogens is 1. The summed E-state index contributed by atoms with van der Waals surface area (Å²) in [6, 6.07) is 5.42. The van der Waals surface area contributed by atoms with Crippen LogP contribution in [0.3, 0.4) is 0 Å². The number of primary amides is 1. The second-order valence-electron chi connectivity index (χ2n) is 3.89. The number of hydrogen-bond acceptors (Lipinski definition) is 3. The van der Waals surface area contributed by atoms with Gasteiger partial charge in [0.25, 0.3) is 5.91 Å². The van der Waals surface area contributed by atoms with E-state index in [2.05, 4.69) is 5.10 Å². The average Bonchev–Trinajstić information content (AvgIpc) is 2.78. The van der Waals surface area contributed by atoms with Crippen molar-refractivity contribution in [3.63, 3.8) is 0 Å². The van der Waals surface area contributed by atoms with Gasteiger partial charge in [-0.3, -0.25) is 4.79 Å². The van der Waals surface area contributed by atoms with Crippen LogP contribution in [0.15, 0.2) is 30.5 Å². The normalized spacial score (nSPS) is 12.4. The monoisotopic (exact) mass is 249 g/mol. The zero-order chi connectivity index (χ0) is 13.3. The van der Waals surface area contributed by atoms with Gasteiger partial charge in [0, 0.05) is 11.8 Å². The fourth-order valence-electron chi connectivity index (χ4n) is 1.66. The standard InChI is InChI=1S/C12H12FN3O2/c1-7(17)9-6-8(13)2-3-11(9)16-5-4-10(15-16)12(14)18/h2-7,17H,1H3,(H2,14,18)/t7-/m0/s1. The number of aromatic nitrogens is 2. The van der Waals surface area contributed by atoms with Crippen molar-refractivity contribution in [2.45, 2.75) is 13.0 Å². The maximum Gasteiger partial charge on any atom is 0.269 e. The molecule has 1 atom stereocenters. The van der Waals surface area contributed by atoms with Crippen LogP contribution < -0.4 is 5.73 Å². The molecule has 0 unspecified atom stereocenters. The van der Waals surface area contributed by atoms with Crippen LogP contribution in [0.25, 0.3) is 5.69 Å². The number of nitrogens with zero attached hydrogens (tertiary/aromatic N) is 2. The van der Waals surface area contributed by atoms with E-state index >= 15 is 0 Å². The molecule has 0 fully saturated rings. The molecule has 6 heteroatoms. The smallest absolute Gasteiger partial charge is 0.269 e. The number of hydrogen-bond donors (Lipinski definition) is 2. The van der Waals surface area contributed by atoms with Crippen molar-refractivity contribution < 1.29 is 14.3 Å². The van der Waals surface area contributed by atoms with Crippen molar-refractivity contribution in [1.82, 2.24) is 9.78 Å². The maximum atomic E-state index is 13.1. The summed E-state index contributed by atoms with van der Waals surface area (Å²) in [7, 11) is 0. The number of amides is 1. The van der Waals surface area contributed by atoms with E-state index in [9.17, 15) is 14.3 Å². The first-order valence-corrected chi connectivity index (χ1v) is 5.32. The van der Waals surface area contributed by atoms with Crippen LogP contribution in [0, 0.1) is 5.82 Å². The minimum absolute atomic E-state index is 0.107. The number of nitrogens with two attached hydrogens (primary N) is 1. The van der Waals surface area contributed by atoms with E-state index < -0.39 is 17.8 Å². The molecule has 1 amide bonds. The summed E-state index contributed by atoms with van der Waals surface area (Å²) >= 11 is 0. The number of benzene rings is 1. The predicted octanol–water partition coefficient (Wildman–Crippen LogP) is 1.16. The highest BCUT2D eigenvalue weighted by atomic mass is 19.1. The molecule has 0 saturated carbocycles. The van der Waals surface area contributed by atoms with Gasteiger partial charge in [0.15, 0.2) is 0 Å². The Labute approximate surface area is 103 Å². The Kier molecular flexibility index (Phi) is 3.12. The molecule has 2 rings (SSSR count). The molecule has 0 radical (unpaired) electrons. The first-order chi connectivity index (χ1) is 8.49. The Bertz CT molecular complexity index is 593. The lowest BCUT2D eigenvalue weighted by molar-refractivity contribution is 0.0995. The molecule has 5 nitrogen and oxygen atoms in total. The van der Waals surface area contributed by atoms with E-state index in [-0.39, 0.29) is 5.69 Å². The molecular formula is C12H12FN3O2. The molecule has 2 aromatic rings. The minimum Gasteiger partial charge on any atom is -0.389 e. The molecule has 94 valence electrons. The molecule has 1 aromatic carbocycles. The van der Waals surface area contributed by atoms with Crippen LogP contribution in [-0.2, 0) is 0 Å². The van der Waals surface area contributed by atoms with Crippen LogP contribution in [0.2, 0.25) is 0 Å². The Hall–Kier alpha value is -2.21. The molecule has 0 aliphatic rings. The molecule has 0 bridgehead atoms. The Morgan fingerprint density at radius 1 is 1.50 bits per heavy atom. The topological polar surface area (TPSA) is 81.1 Å². The van der Waals surface area contributed by atoms with Gasteiger partial charge in [0.2, 0.25) is 0 Å². The fourth-order valence-corrected chi connectivity index (χ4v) is 1.66. The molecular weight excluding hydrogens is 237 g/mol. The summed E-state index contributed by atoms with van der Waals surface area (Å²) in [5, 5.41) is 13.6. The molecule has 0 aliphatic heterocycles. The summed E-state index contributed by atoms with van der Waals surface area (Å²) in [5.41, 5.74) is 6.09. The lowest BCUT2D eigenvalue weighted by atomic mass is 10.1. The highest BCUT2D eigenvalue weighted by Crippen LogP contribution is 2.22. The summed E-state index contributed by atoms with van der Waals surface area (Å²) in [6.07, 6.45) is 0.677. The van der Waals surface area contributed by atoms with Crippen LogP contribution in [0.1, 0.15) is 29.1 Å². The molecule has 18 heavy (non-hydrogen) atoms. The van der Waals surface area contributed by atoms with Crippen molar-refractivity contribution in [2.75, 3.05) is 0 Å². The molecule has 0 spiro atoms. The van der Waals surface area contributed by atoms with E-state index in [1.807, 2.05) is 0 Å². The Balaban J connectivity index is 2.52. The lowest BCUT2D eigenvalue weighted by Gasteiger charge is -2.11. The fraction of sp³-hybridized carbons (Fsp3) is 0.167. The summed E-state index contributed by atoms with van der Waals surface area (Å²) < 4.78 is 14.5. The highest BCUT2D eigenvalue weighted by Gasteiger charge is 2.13. The van der Waals surface area contributed by atoms with Gasteiger partial charge >= 0.3 is 0 Å². The van der Waals surface area contributed by atoms with Crippen LogP contribution in [0.4, 0.5) is 4.39 Å². The third-order valence-electron chi connectivity index (χ3n) is 2.53. The van der Waals surface area contributed by atoms with E-state index in [1.54, 1.807) is 0 Å². The first-order valence-electron chi connectivity index (χ1n) is 5.32. The Morgan fingerprint density at radius 3 is 2.78 bits per heavy atom. The van der Waals surface area contributed by atoms with Gasteiger partial charge in [-0.2, -0.15) is 5.10 Å². The van der Waals surface area contributed by atoms with Gasteiger partial charge in [-0.15, -0.1) is 0 Å². The number of carbonyl (C=O) groups excluding carboxylic acids is 1. The van der Waals surface area contributed by atoms with E-state index in [4.69, 9.17) is 5.73 Å². The highest BCUT2D eigenvalue weighted by molar-refractivity contribution is 5.90. The summed E-state index contributed by atoms with van der Waals surface area (Å²) in [5.74, 6) is -1.09. The van der Waals surface area contributed by atoms with Crippen LogP contribution in [0.5, 0.6) is 0 Å². The second-order valence-corrected chi connectivity index (χ2v) is 3.89. The van der Waals surface area contributed by atoms with Gasteiger partial charge in [-0.05, 0) is 31.2 Å². The molecule has 1 heterocycles. The number of aliphatic hydroxyl groups excluding tert-OH is 1. The average molecular weight is 249 g/mol. The summed E-state index contributed by atoms with van der Waals surface area (Å²) in [4.78, 5) is 11.0. The Morgan fingerprint density at radius 2 is 2.22 bits per heavy atom. The van der Waals surface area contributed by atoms with Gasteiger partial charge in [-0.1, -0.05) is 0 Å². The van der Waals surface area contributed by atoms with E-state index in [0.29, 0.717) is 11.3 Å². The van der Waals surface area contributed by atoms with Gasteiger partial charge in [-0.25, -0.2) is 9.07 Å². The van der Waals surface area contributed by atoms with Crippen molar-refractivity contribution >= 4 is 5.91 Å². The quantitative estimate of drug-likeness (QED) is 0.856. The van der Waals surface area contributed by atoms with Gasteiger partial charge in [0.1, 0.15) is 11.5 Å². The van der Waals surface area contributed by atoms with Crippen molar-refractivity contribution in [3.8, 4) is 5.69 Å². The summed E-state index contributed by atoms with van der Waals surface area (Å²) in [6.45, 7) is 1.52. The number of rotatable bonds is 3. The van der Waals surface area contributed by atoms with Crippen molar-refractivity contribution in [3.05, 3.63) is 47.5 Å². The third-order valence-corrected chi connectivity index (χ3v) is 2.53. The van der Waals surface area contributed by atoms with Crippen molar-refractivity contribution in [1.29, 1.82) is 0 Å². The van der Waals surface area contributed by atoms with E-state index in [1.165, 1.54) is 42.1 Å². The molecule has 0 aliphatic carbocycles. The van der Waals surface area contributed by atoms with E-state index in [0.717, 1.165) is 0 Å². The maximum absolute atomic E-state index is 13.1. The van der Waals surface area contributed by atoms with Crippen LogP contribution in [-0.4, -0.2) is 20.8 Å².